The molecule has 0 unspecified atom stereocenters. The zero-order valence-electron chi connectivity index (χ0n) is 12.6. The highest BCUT2D eigenvalue weighted by Gasteiger charge is 2.24. The van der Waals surface area contributed by atoms with Gasteiger partial charge in [-0.05, 0) is 52.9 Å². The van der Waals surface area contributed by atoms with E-state index in [1.54, 1.807) is 6.07 Å². The Hall–Kier alpha value is -1.70. The Bertz CT molecular complexity index is 910. The van der Waals surface area contributed by atoms with Crippen molar-refractivity contribution in [3.05, 3.63) is 39.5 Å². The summed E-state index contributed by atoms with van der Waals surface area (Å²) in [4.78, 5) is 4.14. The van der Waals surface area contributed by atoms with Crippen molar-refractivity contribution in [2.24, 2.45) is 5.92 Å². The summed E-state index contributed by atoms with van der Waals surface area (Å²) in [5, 5.41) is 18.4. The van der Waals surface area contributed by atoms with Crippen LogP contribution in [-0.2, 0) is 13.2 Å². The van der Waals surface area contributed by atoms with Gasteiger partial charge in [0.1, 0.15) is 11.3 Å². The maximum absolute atomic E-state index is 9.44. The first-order valence-electron chi connectivity index (χ1n) is 7.60. The number of ether oxygens (including phenoxy) is 1. The van der Waals surface area contributed by atoms with E-state index in [1.165, 1.54) is 19.0 Å². The van der Waals surface area contributed by atoms with Crippen molar-refractivity contribution in [3.63, 3.8) is 0 Å². The summed E-state index contributed by atoms with van der Waals surface area (Å²) in [7, 11) is 0. The average Bonchev–Trinajstić information content (AvgIpc) is 3.30. The molecule has 2 heterocycles. The van der Waals surface area contributed by atoms with E-state index >= 15 is 0 Å². The molecule has 0 aliphatic heterocycles. The molecule has 1 aliphatic carbocycles. The molecule has 3 aromatic rings. The van der Waals surface area contributed by atoms with E-state index in [0.717, 1.165) is 23.5 Å². The third-order valence-corrected chi connectivity index (χ3v) is 4.96. The van der Waals surface area contributed by atoms with Gasteiger partial charge in [0.25, 0.3) is 0 Å². The maximum atomic E-state index is 9.44. The van der Waals surface area contributed by atoms with Gasteiger partial charge in [-0.25, -0.2) is 9.67 Å². The molecule has 0 saturated heterocycles. The van der Waals surface area contributed by atoms with Crippen LogP contribution in [0.5, 0.6) is 11.6 Å². The molecule has 8 heteroatoms. The largest absolute Gasteiger partial charge is 0.437 e. The molecular formula is C16H14BrClN4O2. The van der Waals surface area contributed by atoms with Crippen molar-refractivity contribution in [1.82, 2.24) is 20.0 Å². The number of aliphatic hydroxyl groups excluding tert-OH is 1. The highest BCUT2D eigenvalue weighted by atomic mass is 79.9. The minimum absolute atomic E-state index is 0.208. The Kier molecular flexibility index (Phi) is 4.15. The number of nitrogens with zero attached hydrogens (tertiary/aromatic N) is 4. The van der Waals surface area contributed by atoms with Gasteiger partial charge in [0.15, 0.2) is 0 Å². The Morgan fingerprint density at radius 2 is 2.21 bits per heavy atom. The predicted molar refractivity (Wildman–Crippen MR) is 93.2 cm³/mol. The van der Waals surface area contributed by atoms with Crippen LogP contribution in [0, 0.1) is 5.92 Å². The smallest absolute Gasteiger partial charge is 0.224 e. The summed E-state index contributed by atoms with van der Waals surface area (Å²) in [6, 6.07) is 5.41. The van der Waals surface area contributed by atoms with E-state index in [9.17, 15) is 5.11 Å². The quantitative estimate of drug-likeness (QED) is 0.691. The molecule has 0 atom stereocenters. The minimum Gasteiger partial charge on any atom is -0.437 e. The molecule has 0 spiro atoms. The standard InChI is InChI=1S/C16H14BrClN4O2/c17-14-13(24-16-10(8-23)5-11(18)6-19-16)4-3-12-15(14)20-21-22(12)7-9-1-2-9/h3-6,9,23H,1-2,7-8H2. The lowest BCUT2D eigenvalue weighted by Crippen LogP contribution is -2.01. The Morgan fingerprint density at radius 1 is 1.38 bits per heavy atom. The van der Waals surface area contributed by atoms with Crippen LogP contribution < -0.4 is 4.74 Å². The van der Waals surface area contributed by atoms with Gasteiger partial charge in [0, 0.05) is 18.3 Å². The first-order valence-corrected chi connectivity index (χ1v) is 8.77. The number of fused-ring (bicyclic) bond motifs is 1. The highest BCUT2D eigenvalue weighted by Crippen LogP contribution is 2.37. The number of rotatable bonds is 5. The lowest BCUT2D eigenvalue weighted by molar-refractivity contribution is 0.275. The molecule has 0 radical (unpaired) electrons. The average molecular weight is 410 g/mol. The van der Waals surface area contributed by atoms with Crippen molar-refractivity contribution in [2.45, 2.75) is 26.0 Å². The minimum atomic E-state index is -0.208. The summed E-state index contributed by atoms with van der Waals surface area (Å²) in [5.74, 6) is 1.59. The van der Waals surface area contributed by atoms with E-state index in [2.05, 4.69) is 31.2 Å². The van der Waals surface area contributed by atoms with Crippen molar-refractivity contribution in [2.75, 3.05) is 0 Å². The van der Waals surface area contributed by atoms with Gasteiger partial charge < -0.3 is 9.84 Å². The van der Waals surface area contributed by atoms with E-state index in [0.29, 0.717) is 26.7 Å². The maximum Gasteiger partial charge on any atom is 0.224 e. The van der Waals surface area contributed by atoms with Crippen LogP contribution in [-0.4, -0.2) is 25.1 Å². The van der Waals surface area contributed by atoms with Gasteiger partial charge in [0.2, 0.25) is 5.88 Å². The Labute approximate surface area is 151 Å². The molecule has 1 N–H and O–H groups in total. The van der Waals surface area contributed by atoms with Crippen molar-refractivity contribution in [3.8, 4) is 11.6 Å². The zero-order valence-corrected chi connectivity index (χ0v) is 15.0. The van der Waals surface area contributed by atoms with Gasteiger partial charge in [0.05, 0.1) is 21.6 Å². The van der Waals surface area contributed by atoms with Crippen LogP contribution in [0.15, 0.2) is 28.9 Å². The van der Waals surface area contributed by atoms with Crippen molar-refractivity contribution >= 4 is 38.6 Å². The first kappa shape index (κ1) is 15.8. The molecule has 4 rings (SSSR count). The number of hydrogen-bond donors (Lipinski definition) is 1. The van der Waals surface area contributed by atoms with Crippen LogP contribution in [0.2, 0.25) is 5.02 Å². The second kappa shape index (κ2) is 6.31. The summed E-state index contributed by atoms with van der Waals surface area (Å²) in [5.41, 5.74) is 2.23. The lowest BCUT2D eigenvalue weighted by Gasteiger charge is -2.10. The number of benzene rings is 1. The molecule has 6 nitrogen and oxygen atoms in total. The summed E-state index contributed by atoms with van der Waals surface area (Å²) in [6.45, 7) is 0.691. The molecule has 1 saturated carbocycles. The van der Waals surface area contributed by atoms with Gasteiger partial charge in [-0.1, -0.05) is 16.8 Å². The number of pyridine rings is 1. The van der Waals surface area contributed by atoms with E-state index in [1.807, 2.05) is 16.8 Å². The summed E-state index contributed by atoms with van der Waals surface area (Å²) in [6.07, 6.45) is 4.00. The molecule has 1 aromatic carbocycles. The molecular weight excluding hydrogens is 396 g/mol. The number of aliphatic hydroxyl groups is 1. The molecule has 1 fully saturated rings. The first-order chi connectivity index (χ1) is 11.7. The fraction of sp³-hybridized carbons (Fsp3) is 0.312. The monoisotopic (exact) mass is 408 g/mol. The van der Waals surface area contributed by atoms with Crippen LogP contribution in [0.3, 0.4) is 0 Å². The topological polar surface area (TPSA) is 73.1 Å². The van der Waals surface area contributed by atoms with Crippen molar-refractivity contribution in [1.29, 1.82) is 0 Å². The number of aromatic nitrogens is 4. The van der Waals surface area contributed by atoms with Crippen LogP contribution in [0.1, 0.15) is 18.4 Å². The predicted octanol–water partition coefficient (Wildman–Crippen LogP) is 3.94. The second-order valence-corrected chi connectivity index (χ2v) is 7.07. The molecule has 0 bridgehead atoms. The van der Waals surface area contributed by atoms with Crippen LogP contribution in [0.25, 0.3) is 11.0 Å². The second-order valence-electron chi connectivity index (χ2n) is 5.84. The highest BCUT2D eigenvalue weighted by molar-refractivity contribution is 9.10. The van der Waals surface area contributed by atoms with E-state index < -0.39 is 0 Å². The summed E-state index contributed by atoms with van der Waals surface area (Å²) < 4.78 is 8.49. The van der Waals surface area contributed by atoms with Crippen molar-refractivity contribution < 1.29 is 9.84 Å². The van der Waals surface area contributed by atoms with Gasteiger partial charge in [-0.3, -0.25) is 0 Å². The van der Waals surface area contributed by atoms with Gasteiger partial charge in [-0.2, -0.15) is 0 Å². The van der Waals surface area contributed by atoms with Gasteiger partial charge in [-0.15, -0.1) is 5.10 Å². The fourth-order valence-corrected chi connectivity index (χ4v) is 3.20. The van der Waals surface area contributed by atoms with E-state index in [-0.39, 0.29) is 6.61 Å². The molecule has 0 amide bonds. The zero-order chi connectivity index (χ0) is 16.7. The van der Waals surface area contributed by atoms with Crippen LogP contribution >= 0.6 is 27.5 Å². The third-order valence-electron chi connectivity index (χ3n) is 3.99. The Balaban J connectivity index is 1.68. The fourth-order valence-electron chi connectivity index (χ4n) is 2.52. The molecule has 24 heavy (non-hydrogen) atoms. The Morgan fingerprint density at radius 3 is 2.96 bits per heavy atom. The number of halogens is 2. The normalized spacial score (nSPS) is 14.3. The van der Waals surface area contributed by atoms with E-state index in [4.69, 9.17) is 16.3 Å². The molecule has 2 aromatic heterocycles. The lowest BCUT2D eigenvalue weighted by atomic mass is 10.2. The van der Waals surface area contributed by atoms with Crippen LogP contribution in [0.4, 0.5) is 0 Å². The SMILES string of the molecule is OCc1cc(Cl)cnc1Oc1ccc2c(nnn2CC2CC2)c1Br. The third kappa shape index (κ3) is 2.99. The molecule has 1 aliphatic rings. The molecule has 124 valence electrons. The number of hydrogen-bond acceptors (Lipinski definition) is 5. The summed E-state index contributed by atoms with van der Waals surface area (Å²) >= 11 is 9.44. The van der Waals surface area contributed by atoms with Gasteiger partial charge >= 0.3 is 0 Å².